The molecule has 0 heterocycles. The minimum absolute atomic E-state index is 0.108. The number of hydrogen-bond donors (Lipinski definition) is 2. The lowest BCUT2D eigenvalue weighted by Crippen LogP contribution is -2.18. The zero-order valence-corrected chi connectivity index (χ0v) is 21.0. The first kappa shape index (κ1) is 28.2. The van der Waals surface area contributed by atoms with Gasteiger partial charge in [0.25, 0.3) is 15.9 Å². The van der Waals surface area contributed by atoms with Crippen molar-refractivity contribution in [1.29, 1.82) is 0 Å². The molecule has 38 heavy (non-hydrogen) atoms. The van der Waals surface area contributed by atoms with Crippen molar-refractivity contribution in [2.45, 2.75) is 18.0 Å². The van der Waals surface area contributed by atoms with Crippen molar-refractivity contribution in [3.8, 4) is 0 Å². The smallest absolute Gasteiger partial charge is 0.416 e. The molecule has 1 amide bonds. The SMILES string of the molecule is COC(=O)c1cc(NS(=O)(=O)c2ccc(C)c(C(=O)Nc3cccc(C(F)(F)F)c3)c2)cc(C(=O)OC)c1. The average Bonchev–Trinajstić information content (AvgIpc) is 2.86. The standard InChI is InChI=1S/C25H21F3N2O7S/c1-14-7-8-20(13-21(14)22(31)29-18-6-4-5-17(12-18)25(26,27)28)38(34,35)30-19-10-15(23(32)36-2)9-16(11-19)24(33)37-3/h4-13,30H,1-3H3,(H,29,31). The number of amides is 1. The number of alkyl halides is 3. The fourth-order valence-electron chi connectivity index (χ4n) is 3.36. The van der Waals surface area contributed by atoms with Gasteiger partial charge >= 0.3 is 18.1 Å². The van der Waals surface area contributed by atoms with Crippen LogP contribution in [0, 0.1) is 6.92 Å². The summed E-state index contributed by atoms with van der Waals surface area (Å²) in [7, 11) is -2.15. The zero-order valence-electron chi connectivity index (χ0n) is 20.2. The maximum absolute atomic E-state index is 13.1. The van der Waals surface area contributed by atoms with Gasteiger partial charge in [-0.05, 0) is 61.0 Å². The number of carbonyl (C=O) groups is 3. The fraction of sp³-hybridized carbons (Fsp3) is 0.160. The summed E-state index contributed by atoms with van der Waals surface area (Å²) in [5.41, 5.74) is -1.27. The molecule has 3 rings (SSSR count). The molecule has 0 radical (unpaired) electrons. The van der Waals surface area contributed by atoms with Gasteiger partial charge in [0, 0.05) is 11.3 Å². The van der Waals surface area contributed by atoms with Gasteiger partial charge in [-0.2, -0.15) is 13.2 Å². The Kier molecular flexibility index (Phi) is 8.10. The highest BCUT2D eigenvalue weighted by Crippen LogP contribution is 2.31. The van der Waals surface area contributed by atoms with Gasteiger partial charge < -0.3 is 14.8 Å². The second-order valence-electron chi connectivity index (χ2n) is 7.90. The molecular weight excluding hydrogens is 529 g/mol. The molecule has 0 aliphatic heterocycles. The molecule has 200 valence electrons. The van der Waals surface area contributed by atoms with Crippen molar-refractivity contribution in [2.24, 2.45) is 0 Å². The van der Waals surface area contributed by atoms with Crippen LogP contribution in [0.4, 0.5) is 24.5 Å². The maximum Gasteiger partial charge on any atom is 0.416 e. The van der Waals surface area contributed by atoms with E-state index in [9.17, 15) is 36.0 Å². The first-order chi connectivity index (χ1) is 17.7. The molecule has 2 N–H and O–H groups in total. The molecule has 0 aromatic heterocycles. The van der Waals surface area contributed by atoms with E-state index in [2.05, 4.69) is 19.5 Å². The van der Waals surface area contributed by atoms with E-state index in [1.165, 1.54) is 25.1 Å². The molecule has 0 spiro atoms. The van der Waals surface area contributed by atoms with Crippen LogP contribution in [0.1, 0.15) is 42.2 Å². The van der Waals surface area contributed by atoms with Gasteiger partial charge in [0.2, 0.25) is 0 Å². The third-order valence-corrected chi connectivity index (χ3v) is 6.62. The summed E-state index contributed by atoms with van der Waals surface area (Å²) in [6.07, 6.45) is -4.62. The predicted octanol–water partition coefficient (Wildman–Crippen LogP) is 4.64. The summed E-state index contributed by atoms with van der Waals surface area (Å²) in [6, 6.07) is 11.0. The minimum atomic E-state index is -4.62. The van der Waals surface area contributed by atoms with Crippen LogP contribution in [0.5, 0.6) is 0 Å². The number of sulfonamides is 1. The zero-order chi connectivity index (χ0) is 28.3. The van der Waals surface area contributed by atoms with Crippen molar-refractivity contribution in [1.82, 2.24) is 0 Å². The maximum atomic E-state index is 13.1. The molecule has 0 fully saturated rings. The van der Waals surface area contributed by atoms with Gasteiger partial charge in [0.05, 0.1) is 41.5 Å². The van der Waals surface area contributed by atoms with Crippen molar-refractivity contribution < 1.29 is 45.4 Å². The van der Waals surface area contributed by atoms with E-state index in [0.717, 1.165) is 56.7 Å². The van der Waals surface area contributed by atoms with Gasteiger partial charge in [-0.3, -0.25) is 9.52 Å². The lowest BCUT2D eigenvalue weighted by atomic mass is 10.1. The van der Waals surface area contributed by atoms with Crippen LogP contribution in [0.25, 0.3) is 0 Å². The molecule has 13 heteroatoms. The molecule has 0 saturated heterocycles. The summed E-state index contributed by atoms with van der Waals surface area (Å²) in [5, 5.41) is 2.34. The third kappa shape index (κ3) is 6.48. The number of aryl methyl sites for hydroxylation is 1. The molecule has 3 aromatic rings. The molecule has 3 aromatic carbocycles. The van der Waals surface area contributed by atoms with E-state index >= 15 is 0 Å². The number of nitrogens with one attached hydrogen (secondary N) is 2. The second-order valence-corrected chi connectivity index (χ2v) is 9.58. The molecule has 0 atom stereocenters. The Morgan fingerprint density at radius 2 is 1.42 bits per heavy atom. The number of carbonyl (C=O) groups excluding carboxylic acids is 3. The second kappa shape index (κ2) is 10.9. The van der Waals surface area contributed by atoms with Crippen LogP contribution < -0.4 is 10.0 Å². The normalized spacial score (nSPS) is 11.4. The summed E-state index contributed by atoms with van der Waals surface area (Å²) in [6.45, 7) is 1.52. The van der Waals surface area contributed by atoms with Crippen LogP contribution in [0.2, 0.25) is 0 Å². The van der Waals surface area contributed by atoms with Crippen LogP contribution >= 0.6 is 0 Å². The van der Waals surface area contributed by atoms with Gasteiger partial charge in [0.1, 0.15) is 0 Å². The van der Waals surface area contributed by atoms with E-state index in [1.807, 2.05) is 0 Å². The Bertz CT molecular complexity index is 1490. The Balaban J connectivity index is 1.94. The molecule has 9 nitrogen and oxygen atoms in total. The minimum Gasteiger partial charge on any atom is -0.465 e. The molecule has 0 saturated carbocycles. The summed E-state index contributed by atoms with van der Waals surface area (Å²) >= 11 is 0. The quantitative estimate of drug-likeness (QED) is 0.410. The van der Waals surface area contributed by atoms with Crippen LogP contribution in [-0.2, 0) is 25.7 Å². The summed E-state index contributed by atoms with van der Waals surface area (Å²) in [5.74, 6) is -2.50. The van der Waals surface area contributed by atoms with E-state index in [4.69, 9.17) is 0 Å². The van der Waals surface area contributed by atoms with Crippen LogP contribution in [0.15, 0.2) is 65.6 Å². The largest absolute Gasteiger partial charge is 0.465 e. The topological polar surface area (TPSA) is 128 Å². The molecule has 0 unspecified atom stereocenters. The van der Waals surface area contributed by atoms with E-state index < -0.39 is 39.6 Å². The number of esters is 2. The van der Waals surface area contributed by atoms with Gasteiger partial charge in [-0.25, -0.2) is 18.0 Å². The number of ether oxygens (including phenoxy) is 2. The lowest BCUT2D eigenvalue weighted by molar-refractivity contribution is -0.137. The number of methoxy groups -OCH3 is 2. The van der Waals surface area contributed by atoms with E-state index in [1.54, 1.807) is 0 Å². The van der Waals surface area contributed by atoms with Crippen molar-refractivity contribution in [2.75, 3.05) is 24.3 Å². The van der Waals surface area contributed by atoms with Crippen molar-refractivity contribution in [3.63, 3.8) is 0 Å². The van der Waals surface area contributed by atoms with Gasteiger partial charge in [-0.1, -0.05) is 12.1 Å². The van der Waals surface area contributed by atoms with E-state index in [0.29, 0.717) is 5.56 Å². The average molecular weight is 551 g/mol. The Labute approximate surface area is 215 Å². The number of benzene rings is 3. The molecule has 0 bridgehead atoms. The van der Waals surface area contributed by atoms with Gasteiger partial charge in [-0.15, -0.1) is 0 Å². The van der Waals surface area contributed by atoms with Crippen molar-refractivity contribution in [3.05, 3.63) is 88.5 Å². The monoisotopic (exact) mass is 550 g/mol. The summed E-state index contributed by atoms with van der Waals surface area (Å²) in [4.78, 5) is 36.4. The predicted molar refractivity (Wildman–Crippen MR) is 131 cm³/mol. The first-order valence-electron chi connectivity index (χ1n) is 10.7. The van der Waals surface area contributed by atoms with E-state index in [-0.39, 0.29) is 33.0 Å². The Morgan fingerprint density at radius 3 is 1.97 bits per heavy atom. The molecule has 0 aliphatic rings. The number of anilines is 2. The highest BCUT2D eigenvalue weighted by atomic mass is 32.2. The number of halogens is 3. The summed E-state index contributed by atoms with van der Waals surface area (Å²) < 4.78 is 76.7. The van der Waals surface area contributed by atoms with Crippen molar-refractivity contribution >= 4 is 39.2 Å². The Morgan fingerprint density at radius 1 is 0.816 bits per heavy atom. The molecule has 0 aliphatic carbocycles. The highest BCUT2D eigenvalue weighted by Gasteiger charge is 2.30. The highest BCUT2D eigenvalue weighted by molar-refractivity contribution is 7.92. The van der Waals surface area contributed by atoms with Gasteiger partial charge in [0.15, 0.2) is 0 Å². The third-order valence-electron chi connectivity index (χ3n) is 5.24. The molecular formula is C25H21F3N2O7S. The number of rotatable bonds is 7. The first-order valence-corrected chi connectivity index (χ1v) is 12.2. The number of hydrogen-bond acceptors (Lipinski definition) is 7. The fourth-order valence-corrected chi connectivity index (χ4v) is 4.42. The van der Waals surface area contributed by atoms with Crippen LogP contribution in [0.3, 0.4) is 0 Å². The Hall–Kier alpha value is -4.39. The lowest BCUT2D eigenvalue weighted by Gasteiger charge is -2.14. The van der Waals surface area contributed by atoms with Crippen LogP contribution in [-0.4, -0.2) is 40.5 Å².